The zero-order chi connectivity index (χ0) is 21.4. The molecular weight excluding hydrogens is 436 g/mol. The van der Waals surface area contributed by atoms with Crippen molar-refractivity contribution >= 4 is 39.7 Å². The molecule has 2 aromatic carbocycles. The molecule has 0 radical (unpaired) electrons. The zero-order valence-corrected chi connectivity index (χ0v) is 18.2. The van der Waals surface area contributed by atoms with E-state index in [1.807, 2.05) is 17.0 Å². The van der Waals surface area contributed by atoms with Gasteiger partial charge in [-0.3, -0.25) is 4.79 Å². The van der Waals surface area contributed by atoms with E-state index in [9.17, 15) is 13.8 Å². The summed E-state index contributed by atoms with van der Waals surface area (Å²) in [6.07, 6.45) is 1.20. The molecular formula is C21H19FN5O2PS. The average Bonchev–Trinajstić information content (AvgIpc) is 3.32. The van der Waals surface area contributed by atoms with E-state index in [1.165, 1.54) is 17.4 Å². The lowest BCUT2D eigenvalue weighted by Crippen LogP contribution is -2.37. The van der Waals surface area contributed by atoms with Gasteiger partial charge in [-0.2, -0.15) is 5.10 Å². The molecule has 0 unspecified atom stereocenters. The van der Waals surface area contributed by atoms with E-state index in [0.717, 1.165) is 16.1 Å². The molecule has 3 heterocycles. The number of aromatic nitrogens is 4. The molecule has 1 N–H and O–H groups in total. The van der Waals surface area contributed by atoms with Crippen LogP contribution in [0.3, 0.4) is 0 Å². The summed E-state index contributed by atoms with van der Waals surface area (Å²) < 4.78 is 28.4. The number of hydrogen-bond donors (Lipinski definition) is 1. The molecule has 0 aliphatic carbocycles. The standard InChI is InChI=1S/C21H19FN5O2PS/c22-17-6-5-14(11-18-15-3-1-2-4-16(15)20(28)25-24-18)12-19(17)30(29)9-7-27(8-10-30)21-26-23-13-31-21/h1-6,12-13H,7-11H2,(H,25,28). The van der Waals surface area contributed by atoms with Crippen molar-refractivity contribution in [3.8, 4) is 0 Å². The molecule has 10 heteroatoms. The first-order chi connectivity index (χ1) is 15.0. The molecule has 1 aliphatic rings. The smallest absolute Gasteiger partial charge is 0.272 e. The highest BCUT2D eigenvalue weighted by atomic mass is 32.1. The molecule has 2 aromatic heterocycles. The van der Waals surface area contributed by atoms with E-state index in [0.29, 0.717) is 48.2 Å². The van der Waals surface area contributed by atoms with Crippen LogP contribution in [0.1, 0.15) is 11.3 Å². The van der Waals surface area contributed by atoms with E-state index in [4.69, 9.17) is 0 Å². The van der Waals surface area contributed by atoms with Crippen LogP contribution in [0.4, 0.5) is 9.52 Å². The van der Waals surface area contributed by atoms with Crippen LogP contribution < -0.4 is 15.8 Å². The van der Waals surface area contributed by atoms with Crippen LogP contribution in [-0.2, 0) is 11.0 Å². The first kappa shape index (κ1) is 20.0. The topological polar surface area (TPSA) is 91.8 Å². The quantitative estimate of drug-likeness (QED) is 0.476. The third-order valence-corrected chi connectivity index (χ3v) is 9.49. The lowest BCUT2D eigenvalue weighted by atomic mass is 10.0. The van der Waals surface area contributed by atoms with Gasteiger partial charge in [-0.25, -0.2) is 9.49 Å². The number of H-pyrrole nitrogens is 1. The Morgan fingerprint density at radius 1 is 1.13 bits per heavy atom. The number of hydrogen-bond acceptors (Lipinski definition) is 7. The maximum absolute atomic E-state index is 14.7. The predicted octanol–water partition coefficient (Wildman–Crippen LogP) is 3.01. The Balaban J connectivity index is 1.43. The second-order valence-electron chi connectivity index (χ2n) is 7.55. The summed E-state index contributed by atoms with van der Waals surface area (Å²) in [5.74, 6) is -0.435. The van der Waals surface area contributed by atoms with Crippen molar-refractivity contribution in [2.45, 2.75) is 6.42 Å². The fourth-order valence-electron chi connectivity index (χ4n) is 4.01. The van der Waals surface area contributed by atoms with Gasteiger partial charge in [0.2, 0.25) is 5.13 Å². The first-order valence-electron chi connectivity index (χ1n) is 9.88. The van der Waals surface area contributed by atoms with Gasteiger partial charge in [-0.1, -0.05) is 35.6 Å². The molecule has 1 saturated heterocycles. The third kappa shape index (κ3) is 3.79. The number of benzene rings is 2. The Morgan fingerprint density at radius 2 is 1.90 bits per heavy atom. The number of aromatic amines is 1. The molecule has 4 aromatic rings. The van der Waals surface area contributed by atoms with Crippen LogP contribution in [-0.4, -0.2) is 45.8 Å². The highest BCUT2D eigenvalue weighted by molar-refractivity contribution is 7.71. The highest BCUT2D eigenvalue weighted by Crippen LogP contribution is 2.47. The van der Waals surface area contributed by atoms with E-state index in [-0.39, 0.29) is 5.56 Å². The third-order valence-electron chi connectivity index (χ3n) is 5.68. The fraction of sp³-hybridized carbons (Fsp3) is 0.238. The lowest BCUT2D eigenvalue weighted by molar-refractivity contribution is 0.571. The summed E-state index contributed by atoms with van der Waals surface area (Å²) in [6, 6.07) is 12.0. The Bertz CT molecular complexity index is 1350. The van der Waals surface area contributed by atoms with Crippen molar-refractivity contribution < 1.29 is 8.96 Å². The summed E-state index contributed by atoms with van der Waals surface area (Å²) in [4.78, 5) is 14.1. The molecule has 7 nitrogen and oxygen atoms in total. The number of halogens is 1. The number of anilines is 1. The Morgan fingerprint density at radius 3 is 2.65 bits per heavy atom. The summed E-state index contributed by atoms with van der Waals surface area (Å²) >= 11 is 1.44. The normalized spacial score (nSPS) is 16.0. The summed E-state index contributed by atoms with van der Waals surface area (Å²) in [5.41, 5.74) is 2.92. The monoisotopic (exact) mass is 455 g/mol. The average molecular weight is 455 g/mol. The molecule has 1 aliphatic heterocycles. The highest BCUT2D eigenvalue weighted by Gasteiger charge is 2.33. The lowest BCUT2D eigenvalue weighted by Gasteiger charge is -2.32. The Hall–Kier alpha value is -2.90. The van der Waals surface area contributed by atoms with Crippen molar-refractivity contribution in [2.24, 2.45) is 0 Å². The summed E-state index contributed by atoms with van der Waals surface area (Å²) in [6.45, 7) is 1.12. The summed E-state index contributed by atoms with van der Waals surface area (Å²) in [5, 5.41) is 17.1. The second kappa shape index (κ2) is 7.98. The van der Waals surface area contributed by atoms with E-state index >= 15 is 0 Å². The van der Waals surface area contributed by atoms with Crippen molar-refractivity contribution in [1.29, 1.82) is 0 Å². The number of nitrogens with zero attached hydrogens (tertiary/aromatic N) is 4. The van der Waals surface area contributed by atoms with Crippen molar-refractivity contribution in [3.63, 3.8) is 0 Å². The minimum absolute atomic E-state index is 0.245. The van der Waals surface area contributed by atoms with Crippen LogP contribution in [0.25, 0.3) is 10.8 Å². The zero-order valence-electron chi connectivity index (χ0n) is 16.5. The first-order valence-corrected chi connectivity index (χ1v) is 12.8. The van der Waals surface area contributed by atoms with Crippen molar-refractivity contribution in [3.05, 3.63) is 75.4 Å². The number of fused-ring (bicyclic) bond motifs is 1. The maximum atomic E-state index is 14.7. The molecule has 158 valence electrons. The molecule has 0 saturated carbocycles. The van der Waals surface area contributed by atoms with Crippen molar-refractivity contribution in [1.82, 2.24) is 20.4 Å². The van der Waals surface area contributed by atoms with Crippen LogP contribution in [0, 0.1) is 5.82 Å². The maximum Gasteiger partial charge on any atom is 0.272 e. The Kier molecular flexibility index (Phi) is 5.16. The summed E-state index contributed by atoms with van der Waals surface area (Å²) in [7, 11) is -2.87. The number of rotatable bonds is 4. The van der Waals surface area contributed by atoms with Crippen molar-refractivity contribution in [2.75, 3.05) is 30.3 Å². The van der Waals surface area contributed by atoms with E-state index in [1.54, 1.807) is 29.8 Å². The largest absolute Gasteiger partial charge is 0.346 e. The van der Waals surface area contributed by atoms with Gasteiger partial charge in [0.05, 0.1) is 11.1 Å². The van der Waals surface area contributed by atoms with E-state index in [2.05, 4.69) is 20.4 Å². The van der Waals surface area contributed by atoms with Gasteiger partial charge in [-0.05, 0) is 23.8 Å². The fourth-order valence-corrected chi connectivity index (χ4v) is 7.32. The van der Waals surface area contributed by atoms with Crippen LogP contribution in [0.15, 0.2) is 52.8 Å². The predicted molar refractivity (Wildman–Crippen MR) is 121 cm³/mol. The van der Waals surface area contributed by atoms with Gasteiger partial charge < -0.3 is 9.46 Å². The Labute approximate surface area is 181 Å². The molecule has 1 fully saturated rings. The minimum atomic E-state index is -2.87. The van der Waals surface area contributed by atoms with E-state index < -0.39 is 13.0 Å². The molecule has 5 rings (SSSR count). The van der Waals surface area contributed by atoms with Gasteiger partial charge in [0.1, 0.15) is 18.5 Å². The van der Waals surface area contributed by atoms with Crippen LogP contribution in [0.5, 0.6) is 0 Å². The van der Waals surface area contributed by atoms with Gasteiger partial charge in [0.15, 0.2) is 0 Å². The van der Waals surface area contributed by atoms with Gasteiger partial charge in [0.25, 0.3) is 5.56 Å². The van der Waals surface area contributed by atoms with Crippen LogP contribution in [0.2, 0.25) is 0 Å². The molecule has 0 amide bonds. The molecule has 0 spiro atoms. The molecule has 0 atom stereocenters. The van der Waals surface area contributed by atoms with Crippen LogP contribution >= 0.6 is 18.5 Å². The second-order valence-corrected chi connectivity index (χ2v) is 11.5. The van der Waals surface area contributed by atoms with Gasteiger partial charge in [0, 0.05) is 42.5 Å². The minimum Gasteiger partial charge on any atom is -0.346 e. The SMILES string of the molecule is O=c1[nH]nc(Cc2ccc(F)c(P3(=O)CCN(c4nncs4)CC3)c2)c2ccccc12. The number of nitrogens with one attached hydrogen (secondary N) is 1. The molecule has 0 bridgehead atoms. The van der Waals surface area contributed by atoms with Gasteiger partial charge in [-0.15, -0.1) is 10.2 Å². The van der Waals surface area contributed by atoms with Gasteiger partial charge >= 0.3 is 0 Å². The molecule has 31 heavy (non-hydrogen) atoms.